The summed E-state index contributed by atoms with van der Waals surface area (Å²) in [5.41, 5.74) is -0.831. The summed E-state index contributed by atoms with van der Waals surface area (Å²) in [6.07, 6.45) is -1.94. The standard InChI is InChI=1S/C8H7F2O2/c1-4-6(9)3-2-5(7(4)10)8(11)12/h2-3,8,11-12H,1H2. The van der Waals surface area contributed by atoms with Gasteiger partial charge in [0.25, 0.3) is 0 Å². The Morgan fingerprint density at radius 3 is 2.33 bits per heavy atom. The van der Waals surface area contributed by atoms with Crippen molar-refractivity contribution in [1.29, 1.82) is 0 Å². The summed E-state index contributed by atoms with van der Waals surface area (Å²) in [5, 5.41) is 17.2. The minimum Gasteiger partial charge on any atom is -0.364 e. The highest BCUT2D eigenvalue weighted by atomic mass is 19.1. The van der Waals surface area contributed by atoms with Gasteiger partial charge in [0.15, 0.2) is 6.29 Å². The number of hydrogen-bond donors (Lipinski definition) is 2. The lowest BCUT2D eigenvalue weighted by atomic mass is 10.1. The van der Waals surface area contributed by atoms with Crippen LogP contribution in [0.25, 0.3) is 0 Å². The summed E-state index contributed by atoms with van der Waals surface area (Å²) in [5.74, 6) is -1.83. The molecule has 0 bridgehead atoms. The maximum absolute atomic E-state index is 12.9. The van der Waals surface area contributed by atoms with Gasteiger partial charge in [0, 0.05) is 11.1 Å². The summed E-state index contributed by atoms with van der Waals surface area (Å²) in [6, 6.07) is 1.89. The highest BCUT2D eigenvalue weighted by Crippen LogP contribution is 2.19. The molecule has 65 valence electrons. The van der Waals surface area contributed by atoms with E-state index in [1.165, 1.54) is 0 Å². The summed E-state index contributed by atoms with van der Waals surface area (Å²) in [4.78, 5) is 0. The SMILES string of the molecule is [CH2]c1c(F)ccc(C(O)O)c1F. The third-order valence-electron chi connectivity index (χ3n) is 1.49. The molecule has 0 spiro atoms. The van der Waals surface area contributed by atoms with Crippen LogP contribution in [0.5, 0.6) is 0 Å². The minimum absolute atomic E-state index is 0.374. The normalized spacial score (nSPS) is 10.8. The summed E-state index contributed by atoms with van der Waals surface area (Å²) in [6.45, 7) is 3.09. The van der Waals surface area contributed by atoms with Crippen LogP contribution in [0.2, 0.25) is 0 Å². The van der Waals surface area contributed by atoms with Gasteiger partial charge in [0.2, 0.25) is 0 Å². The van der Waals surface area contributed by atoms with Gasteiger partial charge in [-0.2, -0.15) is 0 Å². The molecule has 2 nitrogen and oxygen atoms in total. The number of rotatable bonds is 1. The van der Waals surface area contributed by atoms with Gasteiger partial charge in [-0.15, -0.1) is 0 Å². The van der Waals surface area contributed by atoms with E-state index in [1.54, 1.807) is 0 Å². The fourth-order valence-electron chi connectivity index (χ4n) is 0.815. The zero-order valence-electron chi connectivity index (χ0n) is 6.09. The Balaban J connectivity index is 3.27. The van der Waals surface area contributed by atoms with Gasteiger partial charge < -0.3 is 10.2 Å². The van der Waals surface area contributed by atoms with Gasteiger partial charge in [-0.3, -0.25) is 0 Å². The van der Waals surface area contributed by atoms with E-state index in [0.29, 0.717) is 0 Å². The molecule has 1 aromatic carbocycles. The van der Waals surface area contributed by atoms with Crippen molar-refractivity contribution in [1.82, 2.24) is 0 Å². The maximum Gasteiger partial charge on any atom is 0.181 e. The summed E-state index contributed by atoms with van der Waals surface area (Å²) >= 11 is 0. The van der Waals surface area contributed by atoms with Crippen molar-refractivity contribution in [3.63, 3.8) is 0 Å². The average molecular weight is 173 g/mol. The molecule has 1 aromatic rings. The van der Waals surface area contributed by atoms with Crippen molar-refractivity contribution < 1.29 is 19.0 Å². The van der Waals surface area contributed by atoms with Crippen molar-refractivity contribution in [2.75, 3.05) is 0 Å². The lowest BCUT2D eigenvalue weighted by molar-refractivity contribution is -0.0450. The van der Waals surface area contributed by atoms with Gasteiger partial charge in [0.05, 0.1) is 0 Å². The van der Waals surface area contributed by atoms with Crippen LogP contribution in [0.15, 0.2) is 12.1 Å². The van der Waals surface area contributed by atoms with E-state index in [1.807, 2.05) is 0 Å². The Morgan fingerprint density at radius 1 is 1.25 bits per heavy atom. The van der Waals surface area contributed by atoms with E-state index < -0.39 is 23.5 Å². The number of hydrogen-bond acceptors (Lipinski definition) is 2. The van der Waals surface area contributed by atoms with E-state index >= 15 is 0 Å². The molecule has 0 aliphatic rings. The third kappa shape index (κ3) is 1.44. The van der Waals surface area contributed by atoms with Crippen molar-refractivity contribution in [3.05, 3.63) is 41.8 Å². The van der Waals surface area contributed by atoms with Gasteiger partial charge in [0.1, 0.15) is 11.6 Å². The van der Waals surface area contributed by atoms with Crippen molar-refractivity contribution in [3.8, 4) is 0 Å². The Labute approximate surface area is 68.1 Å². The molecule has 1 rings (SSSR count). The first-order valence-electron chi connectivity index (χ1n) is 3.20. The highest BCUT2D eigenvalue weighted by molar-refractivity contribution is 5.29. The largest absolute Gasteiger partial charge is 0.364 e. The Kier molecular flexibility index (Phi) is 2.40. The monoisotopic (exact) mass is 173 g/mol. The van der Waals surface area contributed by atoms with Crippen LogP contribution in [0.4, 0.5) is 8.78 Å². The molecular weight excluding hydrogens is 166 g/mol. The highest BCUT2D eigenvalue weighted by Gasteiger charge is 2.13. The lowest BCUT2D eigenvalue weighted by Crippen LogP contribution is -2.02. The number of halogens is 2. The van der Waals surface area contributed by atoms with Crippen LogP contribution >= 0.6 is 0 Å². The molecule has 2 N–H and O–H groups in total. The smallest absolute Gasteiger partial charge is 0.181 e. The van der Waals surface area contributed by atoms with Crippen molar-refractivity contribution in [2.24, 2.45) is 0 Å². The predicted molar refractivity (Wildman–Crippen MR) is 38.0 cm³/mol. The van der Waals surface area contributed by atoms with E-state index in [-0.39, 0.29) is 5.56 Å². The molecule has 0 atom stereocenters. The van der Waals surface area contributed by atoms with Crippen molar-refractivity contribution in [2.45, 2.75) is 6.29 Å². The molecule has 4 heteroatoms. The Morgan fingerprint density at radius 2 is 1.83 bits per heavy atom. The zero-order valence-corrected chi connectivity index (χ0v) is 6.09. The second-order valence-electron chi connectivity index (χ2n) is 2.30. The molecule has 0 saturated carbocycles. The van der Waals surface area contributed by atoms with E-state index in [9.17, 15) is 8.78 Å². The van der Waals surface area contributed by atoms with Crippen molar-refractivity contribution >= 4 is 0 Å². The Bertz CT molecular complexity index is 297. The van der Waals surface area contributed by atoms with E-state index in [0.717, 1.165) is 12.1 Å². The van der Waals surface area contributed by atoms with E-state index in [4.69, 9.17) is 10.2 Å². The number of benzene rings is 1. The number of aliphatic hydroxyl groups is 2. The first-order chi connectivity index (χ1) is 5.54. The molecule has 12 heavy (non-hydrogen) atoms. The molecule has 0 fully saturated rings. The van der Waals surface area contributed by atoms with Gasteiger partial charge in [-0.25, -0.2) is 8.78 Å². The second-order valence-corrected chi connectivity index (χ2v) is 2.30. The molecule has 0 unspecified atom stereocenters. The summed E-state index contributed by atoms with van der Waals surface area (Å²) < 4.78 is 25.4. The van der Waals surface area contributed by atoms with Crippen LogP contribution in [0.1, 0.15) is 17.4 Å². The molecule has 0 heterocycles. The van der Waals surface area contributed by atoms with Gasteiger partial charge in [-0.1, -0.05) is 0 Å². The number of aliphatic hydroxyl groups excluding tert-OH is 1. The first-order valence-corrected chi connectivity index (χ1v) is 3.20. The predicted octanol–water partition coefficient (Wildman–Crippen LogP) is 1.13. The molecule has 0 saturated heterocycles. The Hall–Kier alpha value is -1.00. The first kappa shape index (κ1) is 9.09. The van der Waals surface area contributed by atoms with Gasteiger partial charge in [-0.05, 0) is 19.1 Å². The molecule has 0 amide bonds. The molecule has 0 aliphatic carbocycles. The fraction of sp³-hybridized carbons (Fsp3) is 0.125. The second kappa shape index (κ2) is 3.16. The van der Waals surface area contributed by atoms with Crippen LogP contribution < -0.4 is 0 Å². The van der Waals surface area contributed by atoms with Crippen LogP contribution in [-0.4, -0.2) is 10.2 Å². The van der Waals surface area contributed by atoms with Crippen LogP contribution in [0, 0.1) is 18.6 Å². The van der Waals surface area contributed by atoms with E-state index in [2.05, 4.69) is 6.92 Å². The quantitative estimate of drug-likeness (QED) is 0.625. The average Bonchev–Trinajstić information content (AvgIpc) is 2.00. The fourth-order valence-corrected chi connectivity index (χ4v) is 0.815. The lowest BCUT2D eigenvalue weighted by Gasteiger charge is -2.07. The molecule has 0 aliphatic heterocycles. The summed E-state index contributed by atoms with van der Waals surface area (Å²) in [7, 11) is 0. The van der Waals surface area contributed by atoms with Crippen LogP contribution in [-0.2, 0) is 0 Å². The molecule has 1 radical (unpaired) electrons. The molecular formula is C8H7F2O2. The third-order valence-corrected chi connectivity index (χ3v) is 1.49. The topological polar surface area (TPSA) is 40.5 Å². The van der Waals surface area contributed by atoms with Crippen LogP contribution in [0.3, 0.4) is 0 Å². The minimum atomic E-state index is -1.94. The maximum atomic E-state index is 12.9. The zero-order chi connectivity index (χ0) is 9.30. The van der Waals surface area contributed by atoms with Gasteiger partial charge >= 0.3 is 0 Å². The molecule has 0 aromatic heterocycles.